The summed E-state index contributed by atoms with van der Waals surface area (Å²) in [5.74, 6) is -4.05. The minimum absolute atomic E-state index is 0.00768. The van der Waals surface area contributed by atoms with E-state index in [1.807, 2.05) is 0 Å². The monoisotopic (exact) mass is 526 g/mol. The molecule has 1 aliphatic carbocycles. The van der Waals surface area contributed by atoms with E-state index in [1.165, 1.54) is 0 Å². The summed E-state index contributed by atoms with van der Waals surface area (Å²) in [6, 6.07) is 7.31. The van der Waals surface area contributed by atoms with Gasteiger partial charge in [-0.05, 0) is 74.6 Å². The number of benzene rings is 2. The molecule has 0 heterocycles. The molecule has 0 unspecified atom stereocenters. The average Bonchev–Trinajstić information content (AvgIpc) is 2.82. The van der Waals surface area contributed by atoms with E-state index in [-0.39, 0.29) is 36.6 Å². The van der Waals surface area contributed by atoms with Gasteiger partial charge in [-0.2, -0.15) is 0 Å². The highest BCUT2D eigenvalue weighted by Crippen LogP contribution is 2.29. The maximum absolute atomic E-state index is 13.8. The van der Waals surface area contributed by atoms with Gasteiger partial charge in [0.15, 0.2) is 11.6 Å². The van der Waals surface area contributed by atoms with Crippen LogP contribution in [-0.4, -0.2) is 48.4 Å². The first-order chi connectivity index (χ1) is 17.4. The summed E-state index contributed by atoms with van der Waals surface area (Å²) in [4.78, 5) is 35.7. The Hall–Kier alpha value is -3.83. The number of aliphatic carboxylic acids is 1. The van der Waals surface area contributed by atoms with Gasteiger partial charge in [-0.25, -0.2) is 4.39 Å². The van der Waals surface area contributed by atoms with E-state index in [9.17, 15) is 31.9 Å². The first-order valence-electron chi connectivity index (χ1n) is 11.5. The molecule has 1 saturated carbocycles. The number of aryl methyl sites for hydroxylation is 1. The second-order valence-electron chi connectivity index (χ2n) is 8.61. The normalized spacial score (nSPS) is 17.5. The lowest BCUT2D eigenvalue weighted by molar-refractivity contribution is -0.275. The molecular weight excluding hydrogens is 500 g/mol. The Bertz CT molecular complexity index is 1150. The number of carbonyl (C=O) groups is 3. The third-order valence-electron chi connectivity index (χ3n) is 5.88. The zero-order valence-corrected chi connectivity index (χ0v) is 19.9. The van der Waals surface area contributed by atoms with E-state index in [2.05, 4.69) is 15.4 Å². The lowest BCUT2D eigenvalue weighted by Gasteiger charge is -2.27. The number of halogens is 4. The van der Waals surface area contributed by atoms with Crippen molar-refractivity contribution in [3.05, 3.63) is 58.9 Å². The molecule has 2 aromatic rings. The molecule has 1 aliphatic rings. The van der Waals surface area contributed by atoms with Gasteiger partial charge in [0.05, 0.1) is 12.0 Å². The summed E-state index contributed by atoms with van der Waals surface area (Å²) in [5, 5.41) is 14.2. The Morgan fingerprint density at radius 2 is 1.62 bits per heavy atom. The molecule has 12 heteroatoms. The van der Waals surface area contributed by atoms with Gasteiger partial charge < -0.3 is 25.2 Å². The predicted octanol–water partition coefficient (Wildman–Crippen LogP) is 4.21. The number of rotatable bonds is 9. The maximum Gasteiger partial charge on any atom is 0.573 e. The minimum Gasteiger partial charge on any atom is -0.490 e. The van der Waals surface area contributed by atoms with Crippen LogP contribution in [0.1, 0.15) is 52.0 Å². The molecule has 0 saturated heterocycles. The van der Waals surface area contributed by atoms with E-state index in [4.69, 9.17) is 9.84 Å². The Morgan fingerprint density at radius 3 is 2.19 bits per heavy atom. The number of ether oxygens (including phenoxy) is 2. The first-order valence-corrected chi connectivity index (χ1v) is 11.5. The van der Waals surface area contributed by atoms with E-state index < -0.39 is 29.8 Å². The van der Waals surface area contributed by atoms with E-state index in [1.54, 1.807) is 25.1 Å². The first kappa shape index (κ1) is 27.8. The topological polar surface area (TPSA) is 114 Å². The Labute approximate surface area is 209 Å². The van der Waals surface area contributed by atoms with Crippen LogP contribution < -0.4 is 20.1 Å². The van der Waals surface area contributed by atoms with E-state index in [0.29, 0.717) is 54.7 Å². The van der Waals surface area contributed by atoms with Crippen molar-refractivity contribution in [3.63, 3.8) is 0 Å². The van der Waals surface area contributed by atoms with Gasteiger partial charge in [-0.1, -0.05) is 0 Å². The molecule has 0 radical (unpaired) electrons. The lowest BCUT2D eigenvalue weighted by atomic mass is 9.87. The van der Waals surface area contributed by atoms with Gasteiger partial charge in [0, 0.05) is 24.2 Å². The SMILES string of the molecule is Cc1cc(O[C@H]2CC[C@@H](C(=O)O)CC2)ccc1C(=O)NCCNC(=O)c1ccc(OC(F)(F)F)c(F)c1. The van der Waals surface area contributed by atoms with Crippen molar-refractivity contribution < 1.29 is 46.5 Å². The molecule has 2 aromatic carbocycles. The van der Waals surface area contributed by atoms with Crippen molar-refractivity contribution in [2.45, 2.75) is 45.1 Å². The fourth-order valence-electron chi connectivity index (χ4n) is 3.98. The van der Waals surface area contributed by atoms with Crippen LogP contribution in [0.25, 0.3) is 0 Å². The van der Waals surface area contributed by atoms with E-state index >= 15 is 0 Å². The molecule has 0 aromatic heterocycles. The summed E-state index contributed by atoms with van der Waals surface area (Å²) in [6.45, 7) is 1.78. The fourth-order valence-corrected chi connectivity index (χ4v) is 3.98. The average molecular weight is 526 g/mol. The van der Waals surface area contributed by atoms with Crippen molar-refractivity contribution in [3.8, 4) is 11.5 Å². The molecule has 2 amide bonds. The van der Waals surface area contributed by atoms with Gasteiger partial charge in [0.1, 0.15) is 5.75 Å². The Kier molecular flexibility index (Phi) is 8.95. The van der Waals surface area contributed by atoms with Crippen LogP contribution in [0.4, 0.5) is 17.6 Å². The number of hydrogen-bond donors (Lipinski definition) is 3. The zero-order valence-electron chi connectivity index (χ0n) is 19.9. The quantitative estimate of drug-likeness (QED) is 0.333. The second kappa shape index (κ2) is 11.9. The largest absolute Gasteiger partial charge is 0.573 e. The summed E-state index contributed by atoms with van der Waals surface area (Å²) < 4.78 is 59.9. The van der Waals surface area contributed by atoms with Gasteiger partial charge >= 0.3 is 12.3 Å². The molecule has 0 aliphatic heterocycles. The number of hydrogen-bond acceptors (Lipinski definition) is 5. The standard InChI is InChI=1S/C25H26F4N2O6/c1-14-12-18(36-17-5-2-15(3-6-17)24(34)35)7-8-19(14)23(33)31-11-10-30-22(32)16-4-9-21(20(26)13-16)37-25(27,28)29/h4,7-9,12-13,15,17H,2-3,5-6,10-11H2,1H3,(H,30,32)(H,31,33)(H,34,35)/t15-,17+. The highest BCUT2D eigenvalue weighted by Gasteiger charge is 2.32. The Morgan fingerprint density at radius 1 is 0.973 bits per heavy atom. The minimum atomic E-state index is -5.06. The summed E-state index contributed by atoms with van der Waals surface area (Å²) >= 11 is 0. The smallest absolute Gasteiger partial charge is 0.490 e. The van der Waals surface area contributed by atoms with E-state index in [0.717, 1.165) is 6.07 Å². The molecule has 8 nitrogen and oxygen atoms in total. The second-order valence-corrected chi connectivity index (χ2v) is 8.61. The molecule has 3 rings (SSSR count). The molecule has 0 bridgehead atoms. The van der Waals surface area contributed by atoms with Gasteiger partial charge in [-0.15, -0.1) is 13.2 Å². The molecule has 37 heavy (non-hydrogen) atoms. The van der Waals surface area contributed by atoms with Crippen molar-refractivity contribution in [2.24, 2.45) is 5.92 Å². The van der Waals surface area contributed by atoms with Crippen LogP contribution in [0.15, 0.2) is 36.4 Å². The van der Waals surface area contributed by atoms with Crippen LogP contribution in [-0.2, 0) is 4.79 Å². The number of amides is 2. The molecule has 3 N–H and O–H groups in total. The van der Waals surface area contributed by atoms with Crippen molar-refractivity contribution in [1.29, 1.82) is 0 Å². The molecular formula is C25H26F4N2O6. The fraction of sp³-hybridized carbons (Fsp3) is 0.400. The third-order valence-corrected chi connectivity index (χ3v) is 5.88. The highest BCUT2D eigenvalue weighted by molar-refractivity contribution is 5.96. The zero-order chi connectivity index (χ0) is 27.2. The summed E-state index contributed by atoms with van der Waals surface area (Å²) in [7, 11) is 0. The van der Waals surface area contributed by atoms with Gasteiger partial charge in [-0.3, -0.25) is 14.4 Å². The lowest BCUT2D eigenvalue weighted by Crippen LogP contribution is -2.35. The van der Waals surface area contributed by atoms with Crippen LogP contribution in [0.2, 0.25) is 0 Å². The summed E-state index contributed by atoms with van der Waals surface area (Å²) in [6.07, 6.45) is -2.74. The van der Waals surface area contributed by atoms with Crippen molar-refractivity contribution in [2.75, 3.05) is 13.1 Å². The number of carboxylic acid groups (broad SMARTS) is 1. The number of carbonyl (C=O) groups excluding carboxylic acids is 2. The third kappa shape index (κ3) is 8.09. The van der Waals surface area contributed by atoms with Gasteiger partial charge in [0.25, 0.3) is 11.8 Å². The van der Waals surface area contributed by atoms with Gasteiger partial charge in [0.2, 0.25) is 0 Å². The van der Waals surface area contributed by atoms with Crippen LogP contribution in [0.5, 0.6) is 11.5 Å². The van der Waals surface area contributed by atoms with Crippen molar-refractivity contribution in [1.82, 2.24) is 10.6 Å². The molecule has 0 atom stereocenters. The predicted molar refractivity (Wildman–Crippen MR) is 123 cm³/mol. The Balaban J connectivity index is 1.44. The van der Waals surface area contributed by atoms with Crippen LogP contribution in [0.3, 0.4) is 0 Å². The molecule has 200 valence electrons. The molecule has 1 fully saturated rings. The number of carboxylic acids is 1. The van der Waals surface area contributed by atoms with Crippen LogP contribution in [0, 0.1) is 18.7 Å². The summed E-state index contributed by atoms with van der Waals surface area (Å²) in [5.41, 5.74) is 0.853. The van der Waals surface area contributed by atoms with Crippen molar-refractivity contribution >= 4 is 17.8 Å². The molecule has 0 spiro atoms. The highest BCUT2D eigenvalue weighted by atomic mass is 19.4. The van der Waals surface area contributed by atoms with Crippen LogP contribution >= 0.6 is 0 Å². The number of nitrogens with one attached hydrogen (secondary N) is 2. The maximum atomic E-state index is 13.8. The number of alkyl halides is 3.